The van der Waals surface area contributed by atoms with Crippen LogP contribution in [0.1, 0.15) is 54.9 Å². The van der Waals surface area contributed by atoms with Gasteiger partial charge in [-0.25, -0.2) is 4.79 Å². The number of aromatic nitrogens is 1. The van der Waals surface area contributed by atoms with Crippen molar-refractivity contribution in [2.45, 2.75) is 26.9 Å². The van der Waals surface area contributed by atoms with Gasteiger partial charge in [0, 0.05) is 30.9 Å². The molecule has 1 aromatic carbocycles. The van der Waals surface area contributed by atoms with Crippen LogP contribution in [0.3, 0.4) is 0 Å². The number of rotatable bonds is 6. The average Bonchev–Trinajstić information content (AvgIpc) is 2.89. The van der Waals surface area contributed by atoms with Crippen LogP contribution in [0.2, 0.25) is 0 Å². The molecule has 0 spiro atoms. The summed E-state index contributed by atoms with van der Waals surface area (Å²) in [5, 5.41) is 0. The minimum atomic E-state index is -4.50. The van der Waals surface area contributed by atoms with Crippen molar-refractivity contribution in [2.75, 3.05) is 20.2 Å². The van der Waals surface area contributed by atoms with Gasteiger partial charge in [-0.3, -0.25) is 9.59 Å². The zero-order chi connectivity index (χ0) is 22.8. The first kappa shape index (κ1) is 23.2. The molecule has 6 nitrogen and oxygen atoms in total. The van der Waals surface area contributed by atoms with Crippen molar-refractivity contribution < 1.29 is 32.3 Å². The SMILES string of the molecule is CCOC(=O)c1c(C)c(C(=O)CN(C)C(=O)c2ccc(C(F)(F)F)cc2)c(C)n1C. The van der Waals surface area contributed by atoms with Crippen LogP contribution in [0.15, 0.2) is 24.3 Å². The fourth-order valence-corrected chi connectivity index (χ4v) is 3.27. The molecule has 0 bridgehead atoms. The number of ether oxygens (including phenoxy) is 1. The minimum Gasteiger partial charge on any atom is -0.461 e. The molecule has 30 heavy (non-hydrogen) atoms. The molecular weight excluding hydrogens is 401 g/mol. The molecule has 2 rings (SSSR count). The molecule has 0 saturated carbocycles. The van der Waals surface area contributed by atoms with Crippen molar-refractivity contribution >= 4 is 17.7 Å². The van der Waals surface area contributed by atoms with Crippen LogP contribution in [0.4, 0.5) is 13.2 Å². The third-order valence-corrected chi connectivity index (χ3v) is 4.86. The molecular formula is C21H23F3N2O4. The molecule has 2 aromatic rings. The zero-order valence-corrected chi connectivity index (χ0v) is 17.4. The Morgan fingerprint density at radius 1 is 1.10 bits per heavy atom. The smallest absolute Gasteiger partial charge is 0.416 e. The van der Waals surface area contributed by atoms with Gasteiger partial charge in [0.25, 0.3) is 5.91 Å². The average molecular weight is 424 g/mol. The maximum absolute atomic E-state index is 12.9. The van der Waals surface area contributed by atoms with Crippen LogP contribution in [-0.4, -0.2) is 47.3 Å². The van der Waals surface area contributed by atoms with Crippen LogP contribution in [0, 0.1) is 13.8 Å². The van der Waals surface area contributed by atoms with E-state index in [-0.39, 0.29) is 30.2 Å². The standard InChI is InChI=1S/C21H23F3N2O4/c1-6-30-20(29)18-12(2)17(13(3)26(18)5)16(27)11-25(4)19(28)14-7-9-15(10-8-14)21(22,23)24/h7-10H,6,11H2,1-5H3. The molecule has 1 heterocycles. The summed E-state index contributed by atoms with van der Waals surface area (Å²) in [6, 6.07) is 3.79. The molecule has 0 N–H and O–H groups in total. The van der Waals surface area contributed by atoms with Gasteiger partial charge in [-0.05, 0) is 50.6 Å². The first-order chi connectivity index (χ1) is 13.9. The minimum absolute atomic E-state index is 0.0343. The van der Waals surface area contributed by atoms with Crippen LogP contribution < -0.4 is 0 Å². The first-order valence-corrected chi connectivity index (χ1v) is 9.19. The Hall–Kier alpha value is -3.10. The largest absolute Gasteiger partial charge is 0.461 e. The third-order valence-electron chi connectivity index (χ3n) is 4.86. The fourth-order valence-electron chi connectivity index (χ4n) is 3.27. The van der Waals surface area contributed by atoms with Crippen LogP contribution in [0.5, 0.6) is 0 Å². The van der Waals surface area contributed by atoms with Crippen LogP contribution in [-0.2, 0) is 18.0 Å². The van der Waals surface area contributed by atoms with Crippen molar-refractivity contribution in [3.05, 3.63) is 57.9 Å². The number of hydrogen-bond donors (Lipinski definition) is 0. The molecule has 0 radical (unpaired) electrons. The van der Waals surface area contributed by atoms with Gasteiger partial charge in [-0.1, -0.05) is 0 Å². The Bertz CT molecular complexity index is 976. The normalized spacial score (nSPS) is 11.3. The summed E-state index contributed by atoms with van der Waals surface area (Å²) in [7, 11) is 3.03. The summed E-state index contributed by atoms with van der Waals surface area (Å²) < 4.78 is 44.6. The molecule has 0 saturated heterocycles. The monoisotopic (exact) mass is 424 g/mol. The lowest BCUT2D eigenvalue weighted by Crippen LogP contribution is -2.32. The van der Waals surface area contributed by atoms with E-state index in [0.717, 1.165) is 29.2 Å². The van der Waals surface area contributed by atoms with Gasteiger partial charge in [0.15, 0.2) is 5.78 Å². The Labute approximate surface area is 172 Å². The molecule has 9 heteroatoms. The number of amides is 1. The highest BCUT2D eigenvalue weighted by molar-refractivity contribution is 6.05. The molecule has 0 aliphatic rings. The van der Waals surface area contributed by atoms with E-state index in [1.54, 1.807) is 32.4 Å². The van der Waals surface area contributed by atoms with E-state index >= 15 is 0 Å². The van der Waals surface area contributed by atoms with Gasteiger partial charge >= 0.3 is 12.1 Å². The van der Waals surface area contributed by atoms with Crippen molar-refractivity contribution in [2.24, 2.45) is 7.05 Å². The summed E-state index contributed by atoms with van der Waals surface area (Å²) in [6.07, 6.45) is -4.50. The van der Waals surface area contributed by atoms with Gasteiger partial charge in [-0.2, -0.15) is 13.2 Å². The summed E-state index contributed by atoms with van der Waals surface area (Å²) >= 11 is 0. The number of alkyl halides is 3. The molecule has 0 atom stereocenters. The molecule has 0 aliphatic heterocycles. The Balaban J connectivity index is 2.22. The summed E-state index contributed by atoms with van der Waals surface area (Å²) in [6.45, 7) is 4.88. The lowest BCUT2D eigenvalue weighted by molar-refractivity contribution is -0.137. The van der Waals surface area contributed by atoms with Gasteiger partial charge in [0.2, 0.25) is 0 Å². The highest BCUT2D eigenvalue weighted by atomic mass is 19.4. The van der Waals surface area contributed by atoms with Gasteiger partial charge in [0.05, 0.1) is 18.7 Å². The molecule has 1 aromatic heterocycles. The highest BCUT2D eigenvalue weighted by Crippen LogP contribution is 2.29. The van der Waals surface area contributed by atoms with E-state index in [1.165, 1.54) is 7.05 Å². The van der Waals surface area contributed by atoms with Gasteiger partial charge in [0.1, 0.15) is 5.69 Å². The predicted octanol–water partition coefficient (Wildman–Crippen LogP) is 3.79. The molecule has 162 valence electrons. The number of esters is 1. The number of carbonyl (C=O) groups excluding carboxylic acids is 3. The summed E-state index contributed by atoms with van der Waals surface area (Å²) in [5.74, 6) is -1.53. The molecule has 1 amide bonds. The first-order valence-electron chi connectivity index (χ1n) is 9.19. The van der Waals surface area contributed by atoms with Crippen molar-refractivity contribution in [3.8, 4) is 0 Å². The maximum atomic E-state index is 12.9. The number of likely N-dealkylation sites (N-methyl/N-ethyl adjacent to an activating group) is 1. The second kappa shape index (κ2) is 8.73. The topological polar surface area (TPSA) is 68.6 Å². The van der Waals surface area contributed by atoms with Crippen molar-refractivity contribution in [1.82, 2.24) is 9.47 Å². The number of ketones is 1. The third kappa shape index (κ3) is 4.55. The summed E-state index contributed by atoms with van der Waals surface area (Å²) in [4.78, 5) is 38.7. The van der Waals surface area contributed by atoms with E-state index < -0.39 is 23.6 Å². The van der Waals surface area contributed by atoms with E-state index in [1.807, 2.05) is 0 Å². The van der Waals surface area contributed by atoms with E-state index in [9.17, 15) is 27.6 Å². The molecule has 0 fully saturated rings. The van der Waals surface area contributed by atoms with E-state index in [2.05, 4.69) is 0 Å². The van der Waals surface area contributed by atoms with E-state index in [0.29, 0.717) is 16.8 Å². The summed E-state index contributed by atoms with van der Waals surface area (Å²) in [5.41, 5.74) is 0.749. The Kier molecular flexibility index (Phi) is 6.74. The van der Waals surface area contributed by atoms with Crippen LogP contribution >= 0.6 is 0 Å². The second-order valence-electron chi connectivity index (χ2n) is 6.87. The van der Waals surface area contributed by atoms with Crippen molar-refractivity contribution in [3.63, 3.8) is 0 Å². The number of halogens is 3. The quantitative estimate of drug-likeness (QED) is 0.523. The molecule has 0 aliphatic carbocycles. The second-order valence-corrected chi connectivity index (χ2v) is 6.87. The van der Waals surface area contributed by atoms with Gasteiger partial charge < -0.3 is 14.2 Å². The zero-order valence-electron chi connectivity index (χ0n) is 17.4. The lowest BCUT2D eigenvalue weighted by Gasteiger charge is -2.17. The number of hydrogen-bond acceptors (Lipinski definition) is 4. The maximum Gasteiger partial charge on any atom is 0.416 e. The number of benzene rings is 1. The highest BCUT2D eigenvalue weighted by Gasteiger charge is 2.31. The van der Waals surface area contributed by atoms with Crippen molar-refractivity contribution in [1.29, 1.82) is 0 Å². The van der Waals surface area contributed by atoms with Crippen LogP contribution in [0.25, 0.3) is 0 Å². The fraction of sp³-hybridized carbons (Fsp3) is 0.381. The number of nitrogens with zero attached hydrogens (tertiary/aromatic N) is 2. The Morgan fingerprint density at radius 3 is 2.17 bits per heavy atom. The van der Waals surface area contributed by atoms with E-state index in [4.69, 9.17) is 4.74 Å². The lowest BCUT2D eigenvalue weighted by atomic mass is 10.0. The Morgan fingerprint density at radius 2 is 1.67 bits per heavy atom. The van der Waals surface area contributed by atoms with Gasteiger partial charge in [-0.15, -0.1) is 0 Å². The molecule has 0 unspecified atom stereocenters. The predicted molar refractivity (Wildman–Crippen MR) is 104 cm³/mol. The number of carbonyl (C=O) groups is 3. The number of Topliss-reactive ketones (excluding diaryl/α,β-unsaturated/α-hetero) is 1.